The summed E-state index contributed by atoms with van der Waals surface area (Å²) in [4.78, 5) is 6.86. The van der Waals surface area contributed by atoms with Crippen molar-refractivity contribution in [3.05, 3.63) is 29.6 Å². The van der Waals surface area contributed by atoms with E-state index < -0.39 is 0 Å². The largest absolute Gasteiger partial charge is 0.329 e. The lowest BCUT2D eigenvalue weighted by atomic mass is 10.0. The molecule has 2 heterocycles. The highest BCUT2D eigenvalue weighted by molar-refractivity contribution is 5.25. The van der Waals surface area contributed by atoms with E-state index in [-0.39, 0.29) is 0 Å². The minimum absolute atomic E-state index is 0.326. The smallest absolute Gasteiger partial charge is 0.0491 e. The summed E-state index contributed by atoms with van der Waals surface area (Å²) in [6.07, 6.45) is 9.13. The summed E-state index contributed by atoms with van der Waals surface area (Å²) in [6, 6.07) is 3.04. The first-order valence-corrected chi connectivity index (χ1v) is 7.10. The molecule has 0 radical (unpaired) electrons. The molecule has 0 aromatic carbocycles. The van der Waals surface area contributed by atoms with Gasteiger partial charge in [-0.2, -0.15) is 0 Å². The topological polar surface area (TPSA) is 42.1 Å². The number of nitrogens with zero attached hydrogens (tertiary/aromatic N) is 2. The Morgan fingerprint density at radius 1 is 1.44 bits per heavy atom. The highest BCUT2D eigenvalue weighted by atomic mass is 15.2. The molecule has 100 valence electrons. The molecule has 1 saturated heterocycles. The fourth-order valence-corrected chi connectivity index (χ4v) is 3.03. The monoisotopic (exact) mass is 247 g/mol. The van der Waals surface area contributed by atoms with Gasteiger partial charge >= 0.3 is 0 Å². The molecule has 1 aromatic heterocycles. The Hall–Kier alpha value is -0.930. The lowest BCUT2D eigenvalue weighted by Gasteiger charge is -2.35. The molecule has 0 aliphatic carbocycles. The van der Waals surface area contributed by atoms with Crippen molar-refractivity contribution in [2.75, 3.05) is 13.1 Å². The molecule has 2 N–H and O–H groups in total. The number of hydrogen-bond donors (Lipinski definition) is 1. The fraction of sp³-hybridized carbons (Fsp3) is 0.667. The molecule has 0 spiro atoms. The first kappa shape index (κ1) is 13.5. The Labute approximate surface area is 110 Å². The van der Waals surface area contributed by atoms with Crippen LogP contribution in [-0.2, 0) is 0 Å². The molecule has 18 heavy (non-hydrogen) atoms. The van der Waals surface area contributed by atoms with Crippen LogP contribution in [0.15, 0.2) is 18.5 Å². The number of likely N-dealkylation sites (tertiary alicyclic amines) is 1. The molecule has 1 aliphatic rings. The zero-order valence-electron chi connectivity index (χ0n) is 11.6. The Bertz CT molecular complexity index is 378. The number of aromatic nitrogens is 1. The average Bonchev–Trinajstić information content (AvgIpc) is 2.58. The summed E-state index contributed by atoms with van der Waals surface area (Å²) in [5, 5.41) is 0. The Morgan fingerprint density at radius 3 is 3.00 bits per heavy atom. The van der Waals surface area contributed by atoms with Gasteiger partial charge in [0.1, 0.15) is 0 Å². The van der Waals surface area contributed by atoms with Crippen LogP contribution < -0.4 is 5.73 Å². The highest BCUT2D eigenvalue weighted by Crippen LogP contribution is 2.28. The third kappa shape index (κ3) is 2.90. The molecule has 2 atom stereocenters. The van der Waals surface area contributed by atoms with Gasteiger partial charge in [0.05, 0.1) is 0 Å². The zero-order valence-corrected chi connectivity index (χ0v) is 11.6. The van der Waals surface area contributed by atoms with Gasteiger partial charge in [0, 0.05) is 31.0 Å². The lowest BCUT2D eigenvalue weighted by Crippen LogP contribution is -2.40. The Balaban J connectivity index is 2.24. The summed E-state index contributed by atoms with van der Waals surface area (Å²) in [6.45, 7) is 6.33. The quantitative estimate of drug-likeness (QED) is 0.893. The van der Waals surface area contributed by atoms with Crippen LogP contribution in [0.5, 0.6) is 0 Å². The van der Waals surface area contributed by atoms with Gasteiger partial charge in [-0.25, -0.2) is 0 Å². The van der Waals surface area contributed by atoms with E-state index in [9.17, 15) is 0 Å². The third-order valence-corrected chi connectivity index (χ3v) is 4.17. The standard InChI is InChI=1S/C15H25N3/c1-12-7-8-17-11-14(12)15(10-16)18-9-5-3-4-6-13(18)2/h7-8,11,13,15H,3-6,9-10,16H2,1-2H3. The van der Waals surface area contributed by atoms with Crippen molar-refractivity contribution in [2.45, 2.75) is 51.6 Å². The summed E-state index contributed by atoms with van der Waals surface area (Å²) >= 11 is 0. The van der Waals surface area contributed by atoms with Crippen molar-refractivity contribution in [2.24, 2.45) is 5.73 Å². The summed E-state index contributed by atoms with van der Waals surface area (Å²) < 4.78 is 0. The van der Waals surface area contributed by atoms with Crippen LogP contribution >= 0.6 is 0 Å². The van der Waals surface area contributed by atoms with Gasteiger partial charge in [-0.05, 0) is 50.4 Å². The molecule has 0 saturated carbocycles. The van der Waals surface area contributed by atoms with Crippen molar-refractivity contribution < 1.29 is 0 Å². The maximum absolute atomic E-state index is 6.05. The van der Waals surface area contributed by atoms with E-state index in [0.717, 1.165) is 6.54 Å². The summed E-state index contributed by atoms with van der Waals surface area (Å²) in [5.74, 6) is 0. The van der Waals surface area contributed by atoms with Crippen LogP contribution in [0.25, 0.3) is 0 Å². The predicted octanol–water partition coefficient (Wildman–Crippen LogP) is 2.65. The molecule has 2 rings (SSSR count). The summed E-state index contributed by atoms with van der Waals surface area (Å²) in [7, 11) is 0. The van der Waals surface area contributed by atoms with Crippen LogP contribution in [0.2, 0.25) is 0 Å². The summed E-state index contributed by atoms with van der Waals surface area (Å²) in [5.41, 5.74) is 8.65. The molecular weight excluding hydrogens is 222 g/mol. The second kappa shape index (κ2) is 6.30. The molecule has 1 aliphatic heterocycles. The van der Waals surface area contributed by atoms with E-state index in [4.69, 9.17) is 5.73 Å². The minimum atomic E-state index is 0.326. The molecule has 3 nitrogen and oxygen atoms in total. The first-order valence-electron chi connectivity index (χ1n) is 7.10. The number of nitrogens with two attached hydrogens (primary N) is 1. The molecule has 3 heteroatoms. The first-order chi connectivity index (χ1) is 8.74. The number of aryl methyl sites for hydroxylation is 1. The average molecular weight is 247 g/mol. The van der Waals surface area contributed by atoms with Crippen LogP contribution in [-0.4, -0.2) is 29.0 Å². The SMILES string of the molecule is Cc1ccncc1C(CN)N1CCCCCC1C. The zero-order chi connectivity index (χ0) is 13.0. The van der Waals surface area contributed by atoms with Crippen molar-refractivity contribution >= 4 is 0 Å². The molecule has 0 bridgehead atoms. The Kier molecular flexibility index (Phi) is 4.72. The van der Waals surface area contributed by atoms with Gasteiger partial charge in [-0.15, -0.1) is 0 Å². The van der Waals surface area contributed by atoms with Gasteiger partial charge < -0.3 is 5.73 Å². The van der Waals surface area contributed by atoms with Crippen molar-refractivity contribution in [3.8, 4) is 0 Å². The molecule has 1 fully saturated rings. The van der Waals surface area contributed by atoms with Gasteiger partial charge in [-0.3, -0.25) is 9.88 Å². The van der Waals surface area contributed by atoms with E-state index in [0.29, 0.717) is 18.6 Å². The predicted molar refractivity (Wildman–Crippen MR) is 75.4 cm³/mol. The van der Waals surface area contributed by atoms with E-state index in [1.165, 1.54) is 36.8 Å². The lowest BCUT2D eigenvalue weighted by molar-refractivity contribution is 0.150. The van der Waals surface area contributed by atoms with Crippen molar-refractivity contribution in [1.29, 1.82) is 0 Å². The van der Waals surface area contributed by atoms with Crippen LogP contribution in [0.1, 0.15) is 49.8 Å². The molecule has 2 unspecified atom stereocenters. The van der Waals surface area contributed by atoms with Crippen LogP contribution in [0.3, 0.4) is 0 Å². The second-order valence-corrected chi connectivity index (χ2v) is 5.42. The number of rotatable bonds is 3. The molecular formula is C15H25N3. The number of pyridine rings is 1. The van der Waals surface area contributed by atoms with Crippen LogP contribution in [0, 0.1) is 6.92 Å². The molecule has 0 amide bonds. The van der Waals surface area contributed by atoms with E-state index in [2.05, 4.69) is 29.8 Å². The van der Waals surface area contributed by atoms with Gasteiger partial charge in [0.2, 0.25) is 0 Å². The van der Waals surface area contributed by atoms with E-state index in [1.54, 1.807) is 0 Å². The maximum atomic E-state index is 6.05. The molecule has 1 aromatic rings. The van der Waals surface area contributed by atoms with Crippen molar-refractivity contribution in [3.63, 3.8) is 0 Å². The second-order valence-electron chi connectivity index (χ2n) is 5.42. The maximum Gasteiger partial charge on any atom is 0.0491 e. The number of hydrogen-bond acceptors (Lipinski definition) is 3. The van der Waals surface area contributed by atoms with Gasteiger partial charge in [-0.1, -0.05) is 12.8 Å². The Morgan fingerprint density at radius 2 is 2.28 bits per heavy atom. The van der Waals surface area contributed by atoms with Crippen molar-refractivity contribution in [1.82, 2.24) is 9.88 Å². The normalized spacial score (nSPS) is 23.6. The highest BCUT2D eigenvalue weighted by Gasteiger charge is 2.26. The minimum Gasteiger partial charge on any atom is -0.329 e. The fourth-order valence-electron chi connectivity index (χ4n) is 3.03. The third-order valence-electron chi connectivity index (χ3n) is 4.17. The van der Waals surface area contributed by atoms with E-state index >= 15 is 0 Å². The van der Waals surface area contributed by atoms with E-state index in [1.807, 2.05) is 12.4 Å². The van der Waals surface area contributed by atoms with Crippen LogP contribution in [0.4, 0.5) is 0 Å². The van der Waals surface area contributed by atoms with Gasteiger partial charge in [0.25, 0.3) is 0 Å². The van der Waals surface area contributed by atoms with Gasteiger partial charge in [0.15, 0.2) is 0 Å².